The van der Waals surface area contributed by atoms with Crippen molar-refractivity contribution in [2.75, 3.05) is 33.3 Å². The predicted molar refractivity (Wildman–Crippen MR) is 146 cm³/mol. The maximum atomic E-state index is 14.5. The number of benzene rings is 3. The molecule has 1 saturated heterocycles. The van der Waals surface area contributed by atoms with E-state index >= 15 is 0 Å². The van der Waals surface area contributed by atoms with Crippen LogP contribution in [0.3, 0.4) is 0 Å². The van der Waals surface area contributed by atoms with Crippen molar-refractivity contribution in [2.45, 2.75) is 19.3 Å². The van der Waals surface area contributed by atoms with Crippen LogP contribution in [-0.2, 0) is 0 Å². The molecule has 1 fully saturated rings. The van der Waals surface area contributed by atoms with Crippen LogP contribution in [-0.4, -0.2) is 49.1 Å². The van der Waals surface area contributed by atoms with Gasteiger partial charge in [-0.3, -0.25) is 9.59 Å². The summed E-state index contributed by atoms with van der Waals surface area (Å²) in [4.78, 5) is 32.6. The maximum absolute atomic E-state index is 14.5. The third-order valence-electron chi connectivity index (χ3n) is 6.74. The Morgan fingerprint density at radius 1 is 1.03 bits per heavy atom. The topological polar surface area (TPSA) is 83.7 Å². The Kier molecular flexibility index (Phi) is 7.70. The van der Waals surface area contributed by atoms with Crippen LogP contribution in [0.15, 0.2) is 71.5 Å². The van der Waals surface area contributed by atoms with Crippen LogP contribution >= 0.6 is 0 Å². The Labute approximate surface area is 220 Å². The zero-order valence-corrected chi connectivity index (χ0v) is 21.3. The first kappa shape index (κ1) is 25.5. The van der Waals surface area contributed by atoms with E-state index in [2.05, 4.69) is 15.2 Å². The number of fused-ring (bicyclic) bond motifs is 1. The van der Waals surface area contributed by atoms with Crippen molar-refractivity contribution in [3.63, 3.8) is 0 Å². The van der Waals surface area contributed by atoms with E-state index in [1.807, 2.05) is 30.3 Å². The number of methoxy groups -OCH3 is 1. The minimum absolute atomic E-state index is 0.000578. The van der Waals surface area contributed by atoms with Crippen molar-refractivity contribution < 1.29 is 18.7 Å². The molecule has 0 radical (unpaired) electrons. The Bertz CT molecular complexity index is 1500. The zero-order chi connectivity index (χ0) is 26.5. The Morgan fingerprint density at radius 3 is 2.55 bits per heavy atom. The van der Waals surface area contributed by atoms with Gasteiger partial charge in [0.1, 0.15) is 17.1 Å². The van der Waals surface area contributed by atoms with E-state index < -0.39 is 17.2 Å². The van der Waals surface area contributed by atoms with Crippen molar-refractivity contribution in [1.82, 2.24) is 15.2 Å². The number of nitrogens with one attached hydrogen (secondary N) is 2. The molecule has 1 aromatic heterocycles. The molecule has 0 unspecified atom stereocenters. The quantitative estimate of drug-likeness (QED) is 0.294. The molecule has 0 saturated carbocycles. The Balaban J connectivity index is 1.51. The van der Waals surface area contributed by atoms with Crippen molar-refractivity contribution in [1.29, 1.82) is 0 Å². The van der Waals surface area contributed by atoms with Crippen LogP contribution in [0.5, 0.6) is 17.2 Å². The maximum Gasteiger partial charge on any atom is 0.257 e. The fourth-order valence-corrected chi connectivity index (χ4v) is 4.82. The summed E-state index contributed by atoms with van der Waals surface area (Å²) in [5, 5.41) is 2.97. The lowest BCUT2D eigenvalue weighted by molar-refractivity contribution is 0.0951. The predicted octanol–water partition coefficient (Wildman–Crippen LogP) is 5.35. The van der Waals surface area contributed by atoms with E-state index in [1.165, 1.54) is 26.0 Å². The normalized spacial score (nSPS) is 13.5. The van der Waals surface area contributed by atoms with Gasteiger partial charge >= 0.3 is 0 Å². The minimum Gasteiger partial charge on any atom is -0.494 e. The molecule has 0 bridgehead atoms. The number of rotatable bonds is 9. The number of para-hydroxylation sites is 1. The number of aromatic amines is 1. The van der Waals surface area contributed by atoms with Gasteiger partial charge in [0.25, 0.3) is 5.91 Å². The lowest BCUT2D eigenvalue weighted by atomic mass is 10.0. The number of hydrogen-bond donors (Lipinski definition) is 2. The average Bonchev–Trinajstić information content (AvgIpc) is 3.45. The summed E-state index contributed by atoms with van der Waals surface area (Å²) >= 11 is 0. The zero-order valence-electron chi connectivity index (χ0n) is 21.3. The summed E-state index contributed by atoms with van der Waals surface area (Å²) < 4.78 is 25.6. The molecule has 1 amide bonds. The van der Waals surface area contributed by atoms with E-state index in [9.17, 15) is 14.0 Å². The highest BCUT2D eigenvalue weighted by Gasteiger charge is 2.22. The summed E-state index contributed by atoms with van der Waals surface area (Å²) in [5.41, 5.74) is 0.652. The van der Waals surface area contributed by atoms with Gasteiger partial charge in [-0.25, -0.2) is 4.39 Å². The number of ether oxygens (including phenoxy) is 2. The van der Waals surface area contributed by atoms with Gasteiger partial charge in [-0.15, -0.1) is 0 Å². The third-order valence-corrected chi connectivity index (χ3v) is 6.74. The summed E-state index contributed by atoms with van der Waals surface area (Å²) in [6.45, 7) is 3.49. The Hall–Kier alpha value is -4.17. The van der Waals surface area contributed by atoms with Gasteiger partial charge in [-0.1, -0.05) is 30.3 Å². The molecular weight excluding hydrogens is 485 g/mol. The largest absolute Gasteiger partial charge is 0.494 e. The summed E-state index contributed by atoms with van der Waals surface area (Å²) in [6.07, 6.45) is 3.19. The lowest BCUT2D eigenvalue weighted by Crippen LogP contribution is -2.32. The van der Waals surface area contributed by atoms with Crippen LogP contribution in [0.1, 0.15) is 29.6 Å². The van der Waals surface area contributed by atoms with Crippen LogP contribution in [0, 0.1) is 5.82 Å². The highest BCUT2D eigenvalue weighted by molar-refractivity contribution is 6.03. The third kappa shape index (κ3) is 5.55. The summed E-state index contributed by atoms with van der Waals surface area (Å²) in [7, 11) is 1.36. The van der Waals surface area contributed by atoms with Gasteiger partial charge in [0, 0.05) is 23.6 Å². The van der Waals surface area contributed by atoms with Gasteiger partial charge in [0.15, 0.2) is 11.6 Å². The number of pyridine rings is 1. The molecule has 1 aliphatic rings. The molecular formula is C30H30FN3O4. The molecule has 4 aromatic rings. The van der Waals surface area contributed by atoms with E-state index in [0.717, 1.165) is 32.1 Å². The molecule has 7 nitrogen and oxygen atoms in total. The molecule has 0 spiro atoms. The van der Waals surface area contributed by atoms with E-state index in [0.29, 0.717) is 34.8 Å². The number of carbonyl (C=O) groups is 1. The number of aromatic nitrogens is 1. The Morgan fingerprint density at radius 2 is 1.79 bits per heavy atom. The molecule has 3 aromatic carbocycles. The monoisotopic (exact) mass is 515 g/mol. The van der Waals surface area contributed by atoms with Gasteiger partial charge in [0.2, 0.25) is 5.43 Å². The van der Waals surface area contributed by atoms with Crippen LogP contribution in [0.25, 0.3) is 22.2 Å². The molecule has 1 aliphatic heterocycles. The second kappa shape index (κ2) is 11.5. The molecule has 0 atom stereocenters. The van der Waals surface area contributed by atoms with Crippen molar-refractivity contribution in [3.8, 4) is 28.5 Å². The van der Waals surface area contributed by atoms with Crippen LogP contribution < -0.4 is 20.2 Å². The summed E-state index contributed by atoms with van der Waals surface area (Å²) in [5.74, 6) is 0.0270. The SMILES string of the molecule is COc1cc2[nH]c(-c3cccc(Oc4ccccc4)c3)c(C(=O)NCCCN3CCCC3)c(=O)c2cc1F. The van der Waals surface area contributed by atoms with Gasteiger partial charge in [-0.2, -0.15) is 0 Å². The van der Waals surface area contributed by atoms with E-state index in [4.69, 9.17) is 9.47 Å². The number of amides is 1. The second-order valence-corrected chi connectivity index (χ2v) is 9.34. The van der Waals surface area contributed by atoms with Crippen molar-refractivity contribution in [3.05, 3.63) is 88.3 Å². The number of halogens is 1. The van der Waals surface area contributed by atoms with Crippen LogP contribution in [0.4, 0.5) is 4.39 Å². The first-order valence-electron chi connectivity index (χ1n) is 12.8. The number of carbonyl (C=O) groups excluding carboxylic acids is 1. The smallest absolute Gasteiger partial charge is 0.257 e. The molecule has 2 N–H and O–H groups in total. The van der Waals surface area contributed by atoms with Crippen molar-refractivity contribution >= 4 is 16.8 Å². The molecule has 2 heterocycles. The standard InChI is InChI=1S/C30H30FN3O4/c1-37-26-19-25-23(18-24(26)31)29(35)27(30(36)32-13-8-16-34-14-5-6-15-34)28(33-25)20-9-7-12-22(17-20)38-21-10-3-2-4-11-21/h2-4,7,9-12,17-19H,5-6,8,13-16H2,1H3,(H,32,36)(H,33,35). The molecule has 0 aliphatic carbocycles. The lowest BCUT2D eigenvalue weighted by Gasteiger charge is -2.16. The average molecular weight is 516 g/mol. The highest BCUT2D eigenvalue weighted by Crippen LogP contribution is 2.30. The number of H-pyrrole nitrogens is 1. The van der Waals surface area contributed by atoms with E-state index in [1.54, 1.807) is 24.3 Å². The van der Waals surface area contributed by atoms with Gasteiger partial charge < -0.3 is 24.7 Å². The fraction of sp³-hybridized carbons (Fsp3) is 0.267. The fourth-order valence-electron chi connectivity index (χ4n) is 4.82. The highest BCUT2D eigenvalue weighted by atomic mass is 19.1. The first-order valence-corrected chi connectivity index (χ1v) is 12.8. The van der Waals surface area contributed by atoms with Gasteiger partial charge in [-0.05, 0) is 69.2 Å². The second-order valence-electron chi connectivity index (χ2n) is 9.34. The first-order chi connectivity index (χ1) is 18.5. The molecule has 196 valence electrons. The molecule has 5 rings (SSSR count). The number of nitrogens with zero attached hydrogens (tertiary/aromatic N) is 1. The van der Waals surface area contributed by atoms with Crippen LogP contribution in [0.2, 0.25) is 0 Å². The van der Waals surface area contributed by atoms with Crippen molar-refractivity contribution in [2.24, 2.45) is 0 Å². The number of likely N-dealkylation sites (tertiary alicyclic amines) is 1. The molecule has 8 heteroatoms. The van der Waals surface area contributed by atoms with Gasteiger partial charge in [0.05, 0.1) is 18.3 Å². The number of hydrogen-bond acceptors (Lipinski definition) is 5. The summed E-state index contributed by atoms with van der Waals surface area (Å²) in [6, 6.07) is 19.0. The minimum atomic E-state index is -0.673. The molecule has 38 heavy (non-hydrogen) atoms. The van der Waals surface area contributed by atoms with E-state index in [-0.39, 0.29) is 16.7 Å².